The summed E-state index contributed by atoms with van der Waals surface area (Å²) in [6, 6.07) is 0. The third-order valence-corrected chi connectivity index (χ3v) is 2.73. The van der Waals surface area contributed by atoms with E-state index < -0.39 is 0 Å². The summed E-state index contributed by atoms with van der Waals surface area (Å²) in [5.74, 6) is 0.263. The summed E-state index contributed by atoms with van der Waals surface area (Å²) < 4.78 is 0. The van der Waals surface area contributed by atoms with Crippen LogP contribution in [0.1, 0.15) is 6.42 Å². The van der Waals surface area contributed by atoms with Gasteiger partial charge in [0.15, 0.2) is 0 Å². The summed E-state index contributed by atoms with van der Waals surface area (Å²) >= 11 is 11.8. The molecule has 0 aromatic heterocycles. The average Bonchev–Trinajstić information content (AvgIpc) is 2.04. The molecule has 12 heavy (non-hydrogen) atoms. The Kier molecular flexibility index (Phi) is 2.20. The van der Waals surface area contributed by atoms with Gasteiger partial charge in [-0.05, 0) is 6.08 Å². The molecule has 0 saturated heterocycles. The normalized spacial score (nSPS) is 33.8. The van der Waals surface area contributed by atoms with Crippen LogP contribution < -0.4 is 0 Å². The Morgan fingerprint density at radius 1 is 1.50 bits per heavy atom. The molecule has 0 radical (unpaired) electrons. The van der Waals surface area contributed by atoms with Gasteiger partial charge in [0.05, 0.1) is 0 Å². The van der Waals surface area contributed by atoms with Gasteiger partial charge in [0.1, 0.15) is 10.7 Å². The molecule has 2 heterocycles. The maximum atomic E-state index is 6.00. The molecule has 2 rings (SSSR count). The van der Waals surface area contributed by atoms with E-state index in [-0.39, 0.29) is 11.4 Å². The second-order valence-corrected chi connectivity index (χ2v) is 3.74. The molecule has 64 valence electrons. The summed E-state index contributed by atoms with van der Waals surface area (Å²) in [5, 5.41) is 0.511. The maximum absolute atomic E-state index is 6.00. The van der Waals surface area contributed by atoms with E-state index in [0.717, 1.165) is 13.0 Å². The second-order valence-electron chi connectivity index (χ2n) is 2.90. The van der Waals surface area contributed by atoms with Crippen molar-refractivity contribution in [1.29, 1.82) is 0 Å². The van der Waals surface area contributed by atoms with E-state index in [1.807, 2.05) is 12.3 Å². The lowest BCUT2D eigenvalue weighted by Crippen LogP contribution is -2.26. The first-order valence-corrected chi connectivity index (χ1v) is 4.65. The molecular formula is C8H8Cl2N2. The fraction of sp³-hybridized carbons (Fsp3) is 0.500. The summed E-state index contributed by atoms with van der Waals surface area (Å²) in [6.07, 6.45) is 4.66. The lowest BCUT2D eigenvalue weighted by atomic mass is 9.92. The van der Waals surface area contributed by atoms with Gasteiger partial charge in [0.25, 0.3) is 0 Å². The minimum Gasteiger partial charge on any atom is -0.296 e. The second kappa shape index (κ2) is 3.19. The predicted molar refractivity (Wildman–Crippen MR) is 52.5 cm³/mol. The van der Waals surface area contributed by atoms with E-state index in [1.165, 1.54) is 5.57 Å². The number of hydrogen-bond acceptors (Lipinski definition) is 2. The molecule has 0 fully saturated rings. The van der Waals surface area contributed by atoms with Crippen LogP contribution in [0.25, 0.3) is 0 Å². The third-order valence-electron chi connectivity index (χ3n) is 2.12. The molecule has 2 unspecified atom stereocenters. The number of hydrogen-bond donors (Lipinski definition) is 0. The number of fused-ring (bicyclic) bond motifs is 1. The summed E-state index contributed by atoms with van der Waals surface area (Å²) in [5.41, 5.74) is 1.03. The predicted octanol–water partition coefficient (Wildman–Crippen LogP) is 2.22. The molecule has 0 amide bonds. The zero-order valence-corrected chi connectivity index (χ0v) is 7.89. The minimum absolute atomic E-state index is 0.227. The first-order valence-electron chi connectivity index (χ1n) is 3.83. The molecule has 4 heteroatoms. The van der Waals surface area contributed by atoms with Gasteiger partial charge in [-0.25, -0.2) is 0 Å². The van der Waals surface area contributed by atoms with Gasteiger partial charge in [0, 0.05) is 25.1 Å². The molecule has 2 aliphatic heterocycles. The van der Waals surface area contributed by atoms with Gasteiger partial charge < -0.3 is 0 Å². The number of aliphatic imine (C=N–C) groups is 2. The monoisotopic (exact) mass is 202 g/mol. The van der Waals surface area contributed by atoms with Crippen molar-refractivity contribution in [2.45, 2.75) is 11.9 Å². The molecule has 0 aromatic carbocycles. The first-order chi connectivity index (χ1) is 5.77. The Hall–Kier alpha value is -0.340. The van der Waals surface area contributed by atoms with Crippen molar-refractivity contribution in [3.63, 3.8) is 0 Å². The van der Waals surface area contributed by atoms with E-state index in [0.29, 0.717) is 5.17 Å². The number of nitrogens with zero attached hydrogens (tertiary/aromatic N) is 2. The molecule has 0 bridgehead atoms. The molecule has 2 nitrogen and oxygen atoms in total. The van der Waals surface area contributed by atoms with Crippen molar-refractivity contribution >= 4 is 34.6 Å². The van der Waals surface area contributed by atoms with Gasteiger partial charge in [-0.15, -0.1) is 0 Å². The zero-order chi connectivity index (χ0) is 8.55. The van der Waals surface area contributed by atoms with Crippen molar-refractivity contribution in [3.8, 4) is 0 Å². The van der Waals surface area contributed by atoms with Crippen LogP contribution in [-0.2, 0) is 0 Å². The van der Waals surface area contributed by atoms with Crippen molar-refractivity contribution < 1.29 is 0 Å². The van der Waals surface area contributed by atoms with Gasteiger partial charge in [-0.1, -0.05) is 28.8 Å². The molecule has 2 atom stereocenters. The topological polar surface area (TPSA) is 24.7 Å². The van der Waals surface area contributed by atoms with Crippen LogP contribution in [0.5, 0.6) is 0 Å². The molecule has 0 N–H and O–H groups in total. The van der Waals surface area contributed by atoms with Crippen molar-refractivity contribution in [3.05, 3.63) is 11.6 Å². The SMILES string of the molecule is ClC1=NC(Cl)C2CN=CCC2=C1. The van der Waals surface area contributed by atoms with E-state index in [9.17, 15) is 0 Å². The number of allylic oxidation sites excluding steroid dienone is 1. The zero-order valence-electron chi connectivity index (χ0n) is 6.37. The van der Waals surface area contributed by atoms with Gasteiger partial charge in [0.2, 0.25) is 0 Å². The fourth-order valence-electron chi connectivity index (χ4n) is 1.45. The number of alkyl halides is 1. The van der Waals surface area contributed by atoms with Crippen LogP contribution in [0, 0.1) is 5.92 Å². The summed E-state index contributed by atoms with van der Waals surface area (Å²) in [6.45, 7) is 0.744. The molecule has 0 aromatic rings. The van der Waals surface area contributed by atoms with Gasteiger partial charge in [-0.3, -0.25) is 9.98 Å². The van der Waals surface area contributed by atoms with E-state index >= 15 is 0 Å². The molecule has 0 spiro atoms. The van der Waals surface area contributed by atoms with E-state index in [2.05, 4.69) is 9.98 Å². The number of halogens is 2. The largest absolute Gasteiger partial charge is 0.296 e. The average molecular weight is 203 g/mol. The van der Waals surface area contributed by atoms with Gasteiger partial charge >= 0.3 is 0 Å². The lowest BCUT2D eigenvalue weighted by molar-refractivity contribution is 0.575. The van der Waals surface area contributed by atoms with Crippen molar-refractivity contribution in [2.75, 3.05) is 6.54 Å². The first kappa shape index (κ1) is 8.27. The Morgan fingerprint density at radius 3 is 3.17 bits per heavy atom. The quantitative estimate of drug-likeness (QED) is 0.426. The summed E-state index contributed by atoms with van der Waals surface area (Å²) in [7, 11) is 0. The van der Waals surface area contributed by atoms with Crippen LogP contribution in [0.2, 0.25) is 0 Å². The Labute approximate surface area is 81.0 Å². The Morgan fingerprint density at radius 2 is 2.33 bits per heavy atom. The van der Waals surface area contributed by atoms with Crippen LogP contribution in [0.15, 0.2) is 21.6 Å². The Balaban J connectivity index is 2.30. The highest BCUT2D eigenvalue weighted by molar-refractivity contribution is 6.68. The Bertz CT molecular complexity index is 281. The highest BCUT2D eigenvalue weighted by Gasteiger charge is 2.27. The highest BCUT2D eigenvalue weighted by Crippen LogP contribution is 2.30. The standard InChI is InChI=1S/C8H8Cl2N2/c9-7-3-5-1-2-11-4-6(5)8(10)12-7/h2-3,6,8H,1,4H2. The van der Waals surface area contributed by atoms with Crippen LogP contribution in [0.3, 0.4) is 0 Å². The molecule has 0 saturated carbocycles. The molecule has 2 aliphatic rings. The fourth-order valence-corrected chi connectivity index (χ4v) is 2.10. The number of rotatable bonds is 0. The smallest absolute Gasteiger partial charge is 0.133 e. The van der Waals surface area contributed by atoms with Crippen molar-refractivity contribution in [2.24, 2.45) is 15.9 Å². The van der Waals surface area contributed by atoms with Gasteiger partial charge in [-0.2, -0.15) is 0 Å². The van der Waals surface area contributed by atoms with E-state index in [4.69, 9.17) is 23.2 Å². The van der Waals surface area contributed by atoms with Crippen LogP contribution in [-0.4, -0.2) is 23.4 Å². The van der Waals surface area contributed by atoms with Crippen LogP contribution >= 0.6 is 23.2 Å². The highest BCUT2D eigenvalue weighted by atomic mass is 35.5. The summed E-state index contributed by atoms with van der Waals surface area (Å²) in [4.78, 5) is 8.24. The lowest BCUT2D eigenvalue weighted by Gasteiger charge is -2.26. The maximum Gasteiger partial charge on any atom is 0.133 e. The third kappa shape index (κ3) is 1.41. The van der Waals surface area contributed by atoms with Crippen LogP contribution in [0.4, 0.5) is 0 Å². The molecule has 0 aliphatic carbocycles. The van der Waals surface area contributed by atoms with Crippen molar-refractivity contribution in [1.82, 2.24) is 0 Å². The molecular weight excluding hydrogens is 195 g/mol. The van der Waals surface area contributed by atoms with E-state index in [1.54, 1.807) is 0 Å². The minimum atomic E-state index is -0.227. The number of dihydropyridines is 1.